The van der Waals surface area contributed by atoms with Crippen LogP contribution in [0.2, 0.25) is 0 Å². The summed E-state index contributed by atoms with van der Waals surface area (Å²) in [6.07, 6.45) is 1.11. The fraction of sp³-hybridized carbons (Fsp3) is 0.500. The number of hydrogen-bond donors (Lipinski definition) is 2. The van der Waals surface area contributed by atoms with Gasteiger partial charge in [0, 0.05) is 32.1 Å². The molecule has 1 rings (SSSR count). The van der Waals surface area contributed by atoms with Gasteiger partial charge in [0.05, 0.1) is 13.7 Å². The summed E-state index contributed by atoms with van der Waals surface area (Å²) >= 11 is 0. The Labute approximate surface area is 155 Å². The van der Waals surface area contributed by atoms with Crippen LogP contribution in [0.15, 0.2) is 29.3 Å². The van der Waals surface area contributed by atoms with Gasteiger partial charge in [-0.25, -0.2) is 0 Å². The number of rotatable bonds is 8. The van der Waals surface area contributed by atoms with Gasteiger partial charge in [-0.3, -0.25) is 9.79 Å². The first-order valence-electron chi connectivity index (χ1n) is 7.43. The molecule has 6 nitrogen and oxygen atoms in total. The predicted octanol–water partition coefficient (Wildman–Crippen LogP) is 2.32. The van der Waals surface area contributed by atoms with Gasteiger partial charge in [-0.2, -0.15) is 0 Å². The van der Waals surface area contributed by atoms with E-state index < -0.39 is 0 Å². The van der Waals surface area contributed by atoms with E-state index >= 15 is 0 Å². The van der Waals surface area contributed by atoms with Gasteiger partial charge in [0.25, 0.3) is 0 Å². The van der Waals surface area contributed by atoms with Crippen molar-refractivity contribution in [3.8, 4) is 5.75 Å². The molecule has 0 aromatic heterocycles. The van der Waals surface area contributed by atoms with Crippen molar-refractivity contribution in [3.05, 3.63) is 29.8 Å². The number of methoxy groups -OCH3 is 1. The Bertz CT molecular complexity index is 495. The molecule has 130 valence electrons. The number of carbonyl (C=O) groups excluding carboxylic acids is 1. The molecule has 0 saturated heterocycles. The van der Waals surface area contributed by atoms with E-state index in [9.17, 15) is 4.79 Å². The van der Waals surface area contributed by atoms with E-state index in [1.54, 1.807) is 21.1 Å². The molecule has 0 saturated carbocycles. The van der Waals surface area contributed by atoms with Crippen molar-refractivity contribution in [2.24, 2.45) is 4.99 Å². The van der Waals surface area contributed by atoms with Crippen LogP contribution >= 0.6 is 24.0 Å². The SMILES string of the molecule is CCOC(=O)CCCNC(=NC)NCc1ccccc1OC.I. The van der Waals surface area contributed by atoms with Crippen LogP contribution in [0.3, 0.4) is 0 Å². The highest BCUT2D eigenvalue weighted by molar-refractivity contribution is 14.0. The quantitative estimate of drug-likeness (QED) is 0.216. The van der Waals surface area contributed by atoms with Gasteiger partial charge in [0.15, 0.2) is 5.96 Å². The topological polar surface area (TPSA) is 72.0 Å². The van der Waals surface area contributed by atoms with Gasteiger partial charge in [-0.15, -0.1) is 24.0 Å². The highest BCUT2D eigenvalue weighted by Crippen LogP contribution is 2.16. The number of esters is 1. The first-order chi connectivity index (χ1) is 10.7. The summed E-state index contributed by atoms with van der Waals surface area (Å²) in [6.45, 7) is 3.50. The summed E-state index contributed by atoms with van der Waals surface area (Å²) < 4.78 is 10.2. The highest BCUT2D eigenvalue weighted by Gasteiger charge is 2.04. The first-order valence-corrected chi connectivity index (χ1v) is 7.43. The van der Waals surface area contributed by atoms with Crippen LogP contribution in [-0.2, 0) is 16.1 Å². The van der Waals surface area contributed by atoms with Crippen molar-refractivity contribution in [1.29, 1.82) is 0 Å². The van der Waals surface area contributed by atoms with Crippen molar-refractivity contribution >= 4 is 35.9 Å². The van der Waals surface area contributed by atoms with E-state index in [4.69, 9.17) is 9.47 Å². The summed E-state index contributed by atoms with van der Waals surface area (Å²) in [5, 5.41) is 6.38. The number of hydrogen-bond acceptors (Lipinski definition) is 4. The third-order valence-corrected chi connectivity index (χ3v) is 3.02. The number of guanidine groups is 1. The van der Waals surface area contributed by atoms with E-state index in [1.165, 1.54) is 0 Å². The van der Waals surface area contributed by atoms with Crippen molar-refractivity contribution < 1.29 is 14.3 Å². The summed E-state index contributed by atoms with van der Waals surface area (Å²) in [5.41, 5.74) is 1.06. The van der Waals surface area contributed by atoms with Crippen LogP contribution in [0.1, 0.15) is 25.3 Å². The molecule has 0 aliphatic heterocycles. The molecule has 0 aliphatic carbocycles. The largest absolute Gasteiger partial charge is 0.496 e. The van der Waals surface area contributed by atoms with E-state index in [0.717, 1.165) is 11.3 Å². The van der Waals surface area contributed by atoms with Gasteiger partial charge in [0.2, 0.25) is 0 Å². The van der Waals surface area contributed by atoms with Gasteiger partial charge in [-0.1, -0.05) is 18.2 Å². The molecule has 0 fully saturated rings. The smallest absolute Gasteiger partial charge is 0.305 e. The number of halogens is 1. The minimum atomic E-state index is -0.165. The normalized spacial score (nSPS) is 10.5. The Morgan fingerprint density at radius 2 is 2.00 bits per heavy atom. The van der Waals surface area contributed by atoms with Crippen LogP contribution in [0.25, 0.3) is 0 Å². The van der Waals surface area contributed by atoms with Gasteiger partial charge < -0.3 is 20.1 Å². The van der Waals surface area contributed by atoms with E-state index in [0.29, 0.717) is 38.5 Å². The highest BCUT2D eigenvalue weighted by atomic mass is 127. The molecule has 7 heteroatoms. The molecular weight excluding hydrogens is 409 g/mol. The summed E-state index contributed by atoms with van der Waals surface area (Å²) in [5.74, 6) is 1.36. The number of para-hydroxylation sites is 1. The molecule has 0 heterocycles. The fourth-order valence-corrected chi connectivity index (χ4v) is 1.92. The second-order valence-corrected chi connectivity index (χ2v) is 4.57. The summed E-state index contributed by atoms with van der Waals surface area (Å²) in [4.78, 5) is 15.4. The second-order valence-electron chi connectivity index (χ2n) is 4.57. The zero-order chi connectivity index (χ0) is 16.2. The maximum atomic E-state index is 11.2. The summed E-state index contributed by atoms with van der Waals surface area (Å²) in [7, 11) is 3.37. The lowest BCUT2D eigenvalue weighted by Crippen LogP contribution is -2.37. The third kappa shape index (κ3) is 8.63. The van der Waals surface area contributed by atoms with Crippen LogP contribution in [0.5, 0.6) is 5.75 Å². The molecule has 23 heavy (non-hydrogen) atoms. The standard InChI is InChI=1S/C16H25N3O3.HI/c1-4-22-15(20)10-7-11-18-16(17-2)19-12-13-8-5-6-9-14(13)21-3;/h5-6,8-9H,4,7,10-12H2,1-3H3,(H2,17,18,19);1H. The molecule has 1 aromatic rings. The number of carbonyl (C=O) groups is 1. The first kappa shape index (κ1) is 21.5. The number of ether oxygens (including phenoxy) is 2. The second kappa shape index (κ2) is 13.0. The van der Waals surface area contributed by atoms with Crippen LogP contribution in [0.4, 0.5) is 0 Å². The fourth-order valence-electron chi connectivity index (χ4n) is 1.92. The molecule has 1 aromatic carbocycles. The zero-order valence-electron chi connectivity index (χ0n) is 13.9. The average molecular weight is 435 g/mol. The predicted molar refractivity (Wildman–Crippen MR) is 102 cm³/mol. The Morgan fingerprint density at radius 3 is 2.65 bits per heavy atom. The van der Waals surface area contributed by atoms with Crippen LogP contribution in [0, 0.1) is 0 Å². The van der Waals surface area contributed by atoms with Crippen molar-refractivity contribution in [3.63, 3.8) is 0 Å². The molecule has 0 spiro atoms. The Kier molecular flexibility index (Phi) is 12.1. The van der Waals surface area contributed by atoms with Gasteiger partial charge >= 0.3 is 5.97 Å². The molecule has 2 N–H and O–H groups in total. The zero-order valence-corrected chi connectivity index (χ0v) is 16.3. The minimum Gasteiger partial charge on any atom is -0.496 e. The summed E-state index contributed by atoms with van der Waals surface area (Å²) in [6, 6.07) is 7.83. The van der Waals surface area contributed by atoms with Crippen LogP contribution in [-0.4, -0.2) is 39.2 Å². The van der Waals surface area contributed by atoms with Crippen LogP contribution < -0.4 is 15.4 Å². The Balaban J connectivity index is 0.00000484. The molecule has 0 atom stereocenters. The number of benzene rings is 1. The van der Waals surface area contributed by atoms with Gasteiger partial charge in [0.1, 0.15) is 5.75 Å². The van der Waals surface area contributed by atoms with Gasteiger partial charge in [-0.05, 0) is 19.4 Å². The molecule has 0 amide bonds. The van der Waals surface area contributed by atoms with Crippen molar-refractivity contribution in [2.45, 2.75) is 26.3 Å². The van der Waals surface area contributed by atoms with E-state index in [1.807, 2.05) is 24.3 Å². The molecule has 0 bridgehead atoms. The lowest BCUT2D eigenvalue weighted by molar-refractivity contribution is -0.143. The maximum absolute atomic E-state index is 11.2. The van der Waals surface area contributed by atoms with Crippen molar-refractivity contribution in [2.75, 3.05) is 27.3 Å². The Morgan fingerprint density at radius 1 is 1.26 bits per heavy atom. The lowest BCUT2D eigenvalue weighted by Gasteiger charge is -2.13. The van der Waals surface area contributed by atoms with Crippen molar-refractivity contribution in [1.82, 2.24) is 10.6 Å². The molecule has 0 unspecified atom stereocenters. The number of aliphatic imine (C=N–C) groups is 1. The minimum absolute atomic E-state index is 0. The monoisotopic (exact) mass is 435 g/mol. The molecule has 0 radical (unpaired) electrons. The van der Waals surface area contributed by atoms with E-state index in [-0.39, 0.29) is 29.9 Å². The third-order valence-electron chi connectivity index (χ3n) is 3.02. The lowest BCUT2D eigenvalue weighted by atomic mass is 10.2. The Hall–Kier alpha value is -1.51. The molecular formula is C16H26IN3O3. The number of nitrogens with zero attached hydrogens (tertiary/aromatic N) is 1. The average Bonchev–Trinajstić information content (AvgIpc) is 2.54. The molecule has 0 aliphatic rings. The maximum Gasteiger partial charge on any atom is 0.305 e. The number of nitrogens with one attached hydrogen (secondary N) is 2. The van der Waals surface area contributed by atoms with E-state index in [2.05, 4.69) is 15.6 Å².